The van der Waals surface area contributed by atoms with Crippen LogP contribution in [0.5, 0.6) is 0 Å². The summed E-state index contributed by atoms with van der Waals surface area (Å²) in [5.74, 6) is -1.83. The number of hydrogen-bond acceptors (Lipinski definition) is 2. The van der Waals surface area contributed by atoms with Crippen molar-refractivity contribution >= 4 is 5.97 Å². The molecule has 0 spiro atoms. The Bertz CT molecular complexity index is 82.6. The number of ether oxygens (including phenoxy) is 1. The van der Waals surface area contributed by atoms with Gasteiger partial charge in [-0.05, 0) is 0 Å². The Kier molecular flexibility index (Phi) is 2.98. The Labute approximate surface area is 43.2 Å². The van der Waals surface area contributed by atoms with Gasteiger partial charge in [0.2, 0.25) is 6.86 Å². The molecule has 5 heteroatoms. The molecular weight excluding hydrogens is 125 g/mol. The zero-order valence-corrected chi connectivity index (χ0v) is 3.73. The van der Waals surface area contributed by atoms with E-state index in [4.69, 9.17) is 0 Å². The first-order chi connectivity index (χ1) is 3.68. The molecule has 0 aromatic carbocycles. The van der Waals surface area contributed by atoms with Crippen molar-refractivity contribution in [2.75, 3.05) is 6.86 Å². The molecule has 0 rings (SSSR count). The molecule has 0 aromatic rings. The number of alkyl halides is 3. The van der Waals surface area contributed by atoms with Crippen LogP contribution in [0.25, 0.3) is 0 Å². The summed E-state index contributed by atoms with van der Waals surface area (Å²) in [6.07, 6.45) is -3.23. The molecule has 48 valence electrons. The van der Waals surface area contributed by atoms with Gasteiger partial charge in [0.1, 0.15) is 0 Å². The smallest absolute Gasteiger partial charge is 0.376 e. The van der Waals surface area contributed by atoms with Gasteiger partial charge in [0.15, 0.2) is 0 Å². The van der Waals surface area contributed by atoms with E-state index < -0.39 is 19.3 Å². The summed E-state index contributed by atoms with van der Waals surface area (Å²) in [5.41, 5.74) is 0. The van der Waals surface area contributed by atoms with Gasteiger partial charge in [0.05, 0.1) is 0 Å². The quantitative estimate of drug-likeness (QED) is 0.512. The highest BCUT2D eigenvalue weighted by Gasteiger charge is 2.15. The number of rotatable bonds is 2. The standard InChI is InChI=1S/C3H3F3O2/c4-1-8-3(7)2(5)6/h2H,1H2. The summed E-state index contributed by atoms with van der Waals surface area (Å²) >= 11 is 0. The molecule has 0 aliphatic rings. The molecule has 0 N–H and O–H groups in total. The van der Waals surface area contributed by atoms with E-state index in [1.165, 1.54) is 0 Å². The van der Waals surface area contributed by atoms with Crippen LogP contribution in [-0.2, 0) is 9.53 Å². The molecule has 0 amide bonds. The van der Waals surface area contributed by atoms with Crippen molar-refractivity contribution in [2.45, 2.75) is 6.43 Å². The zero-order chi connectivity index (χ0) is 6.57. The van der Waals surface area contributed by atoms with Gasteiger partial charge in [0, 0.05) is 0 Å². The molecule has 0 heterocycles. The van der Waals surface area contributed by atoms with E-state index >= 15 is 0 Å². The van der Waals surface area contributed by atoms with Crippen molar-refractivity contribution in [1.82, 2.24) is 0 Å². The SMILES string of the molecule is O=C(OCF)C(F)F. The first kappa shape index (κ1) is 7.26. The van der Waals surface area contributed by atoms with Crippen LogP contribution in [0, 0.1) is 0 Å². The van der Waals surface area contributed by atoms with Gasteiger partial charge < -0.3 is 4.74 Å². The van der Waals surface area contributed by atoms with Crippen molar-refractivity contribution in [2.24, 2.45) is 0 Å². The minimum atomic E-state index is -3.23. The average Bonchev–Trinajstić information content (AvgIpc) is 1.67. The van der Waals surface area contributed by atoms with E-state index in [2.05, 4.69) is 4.74 Å². The van der Waals surface area contributed by atoms with Crippen LogP contribution >= 0.6 is 0 Å². The summed E-state index contributed by atoms with van der Waals surface area (Å²) in [5, 5.41) is 0. The van der Waals surface area contributed by atoms with E-state index in [0.717, 1.165) is 0 Å². The molecular formula is C3H3F3O2. The molecule has 8 heavy (non-hydrogen) atoms. The van der Waals surface area contributed by atoms with E-state index in [1.807, 2.05) is 0 Å². The first-order valence-corrected chi connectivity index (χ1v) is 1.69. The largest absolute Gasteiger partial charge is 0.430 e. The second kappa shape index (κ2) is 3.29. The molecule has 2 nitrogen and oxygen atoms in total. The molecule has 0 fully saturated rings. The molecule has 0 aromatic heterocycles. The van der Waals surface area contributed by atoms with Crippen molar-refractivity contribution in [3.8, 4) is 0 Å². The van der Waals surface area contributed by atoms with Crippen LogP contribution in [0.4, 0.5) is 13.2 Å². The summed E-state index contributed by atoms with van der Waals surface area (Å²) in [6.45, 7) is -1.50. The fourth-order valence-electron chi connectivity index (χ4n) is 0.117. The average molecular weight is 128 g/mol. The third kappa shape index (κ3) is 2.44. The maximum Gasteiger partial charge on any atom is 0.376 e. The third-order valence-corrected chi connectivity index (χ3v) is 0.375. The Hall–Kier alpha value is -0.740. The van der Waals surface area contributed by atoms with Crippen molar-refractivity contribution in [3.63, 3.8) is 0 Å². The van der Waals surface area contributed by atoms with Crippen LogP contribution in [0.15, 0.2) is 0 Å². The Morgan fingerprint density at radius 1 is 1.62 bits per heavy atom. The van der Waals surface area contributed by atoms with Gasteiger partial charge in [-0.2, -0.15) is 8.78 Å². The highest BCUT2D eigenvalue weighted by molar-refractivity contribution is 5.72. The van der Waals surface area contributed by atoms with E-state index in [9.17, 15) is 18.0 Å². The van der Waals surface area contributed by atoms with Crippen LogP contribution in [0.2, 0.25) is 0 Å². The number of halogens is 3. The molecule has 0 unspecified atom stereocenters. The monoisotopic (exact) mass is 128 g/mol. The van der Waals surface area contributed by atoms with Gasteiger partial charge in [0.25, 0.3) is 0 Å². The van der Waals surface area contributed by atoms with Crippen molar-refractivity contribution in [1.29, 1.82) is 0 Å². The number of esters is 1. The Morgan fingerprint density at radius 2 is 2.12 bits per heavy atom. The van der Waals surface area contributed by atoms with Gasteiger partial charge in [-0.3, -0.25) is 0 Å². The number of carbonyl (C=O) groups is 1. The second-order valence-corrected chi connectivity index (χ2v) is 0.873. The molecule has 0 aliphatic carbocycles. The zero-order valence-electron chi connectivity index (χ0n) is 3.73. The molecule has 0 aliphatic heterocycles. The van der Waals surface area contributed by atoms with E-state index in [1.54, 1.807) is 0 Å². The maximum absolute atomic E-state index is 11.0. The van der Waals surface area contributed by atoms with Gasteiger partial charge in [-0.15, -0.1) is 0 Å². The van der Waals surface area contributed by atoms with Gasteiger partial charge in [-0.1, -0.05) is 0 Å². The maximum atomic E-state index is 11.0. The normalized spacial score (nSPS) is 9.50. The lowest BCUT2D eigenvalue weighted by molar-refractivity contribution is -0.160. The van der Waals surface area contributed by atoms with E-state index in [-0.39, 0.29) is 0 Å². The summed E-state index contributed by atoms with van der Waals surface area (Å²) in [4.78, 5) is 9.53. The van der Waals surface area contributed by atoms with Gasteiger partial charge >= 0.3 is 12.4 Å². The lowest BCUT2D eigenvalue weighted by atomic mass is 10.7. The lowest BCUT2D eigenvalue weighted by Crippen LogP contribution is -2.12. The first-order valence-electron chi connectivity index (χ1n) is 1.69. The van der Waals surface area contributed by atoms with Crippen LogP contribution < -0.4 is 0 Å². The van der Waals surface area contributed by atoms with E-state index in [0.29, 0.717) is 0 Å². The molecule has 0 atom stereocenters. The van der Waals surface area contributed by atoms with Crippen LogP contribution in [-0.4, -0.2) is 19.3 Å². The van der Waals surface area contributed by atoms with Crippen molar-refractivity contribution < 1.29 is 22.7 Å². The summed E-state index contributed by atoms with van der Waals surface area (Å²) in [6, 6.07) is 0. The molecule has 0 bridgehead atoms. The number of hydrogen-bond donors (Lipinski definition) is 0. The fraction of sp³-hybridized carbons (Fsp3) is 0.667. The lowest BCUT2D eigenvalue weighted by Gasteiger charge is -1.94. The van der Waals surface area contributed by atoms with Crippen LogP contribution in [0.3, 0.4) is 0 Å². The fourth-order valence-corrected chi connectivity index (χ4v) is 0.117. The van der Waals surface area contributed by atoms with Gasteiger partial charge in [-0.25, -0.2) is 9.18 Å². The second-order valence-electron chi connectivity index (χ2n) is 0.873. The Morgan fingerprint density at radius 3 is 2.25 bits per heavy atom. The predicted octanol–water partition coefficient (Wildman–Crippen LogP) is 0.722. The summed E-state index contributed by atoms with van der Waals surface area (Å²) in [7, 11) is 0. The summed E-state index contributed by atoms with van der Waals surface area (Å²) < 4.78 is 36.0. The highest BCUT2D eigenvalue weighted by Crippen LogP contribution is 1.94. The molecule has 0 saturated carbocycles. The van der Waals surface area contributed by atoms with Crippen molar-refractivity contribution in [3.05, 3.63) is 0 Å². The molecule has 0 saturated heterocycles. The predicted molar refractivity (Wildman–Crippen MR) is 18.1 cm³/mol. The Balaban J connectivity index is 3.33. The third-order valence-electron chi connectivity index (χ3n) is 0.375. The topological polar surface area (TPSA) is 26.3 Å². The minimum absolute atomic E-state index is 1.50. The molecule has 0 radical (unpaired) electrons. The van der Waals surface area contributed by atoms with Crippen LogP contribution in [0.1, 0.15) is 0 Å². The minimum Gasteiger partial charge on any atom is -0.430 e. The number of carbonyl (C=O) groups excluding carboxylic acids is 1. The highest BCUT2D eigenvalue weighted by atomic mass is 19.3.